The molecule has 1 fully saturated rings. The number of fused-ring (bicyclic) bond motifs is 1. The maximum atomic E-state index is 12.0. The Bertz CT molecular complexity index is 688. The lowest BCUT2D eigenvalue weighted by atomic mass is 10.1. The van der Waals surface area contributed by atoms with Crippen LogP contribution in [0, 0.1) is 0 Å². The zero-order chi connectivity index (χ0) is 15.6. The fourth-order valence-electron chi connectivity index (χ4n) is 2.62. The van der Waals surface area contributed by atoms with Crippen LogP contribution in [0.3, 0.4) is 0 Å². The summed E-state index contributed by atoms with van der Waals surface area (Å²) in [7, 11) is 0. The molecular formula is C17H20N2O3. The number of amides is 1. The minimum atomic E-state index is -0.839. The van der Waals surface area contributed by atoms with Crippen molar-refractivity contribution in [3.05, 3.63) is 42.5 Å². The molecule has 0 bridgehead atoms. The molecule has 5 nitrogen and oxygen atoms in total. The standard InChI is InChI=1S/C17H20N2O3/c1-12-11-21-17(2,22-12)10-16(20)19-18-15-8-7-13-5-3-4-6-14(13)9-15/h3-9,12,18H,10-11H2,1-2H3,(H,19,20). The second-order valence-electron chi connectivity index (χ2n) is 5.79. The molecule has 1 aliphatic rings. The van der Waals surface area contributed by atoms with Gasteiger partial charge in [0.2, 0.25) is 5.91 Å². The lowest BCUT2D eigenvalue weighted by molar-refractivity contribution is -0.165. The van der Waals surface area contributed by atoms with Crippen LogP contribution < -0.4 is 10.9 Å². The van der Waals surface area contributed by atoms with E-state index >= 15 is 0 Å². The number of rotatable bonds is 4. The van der Waals surface area contributed by atoms with Crippen LogP contribution in [-0.4, -0.2) is 24.4 Å². The molecule has 1 aliphatic heterocycles. The summed E-state index contributed by atoms with van der Waals surface area (Å²) in [5.41, 5.74) is 6.44. The molecule has 5 heteroatoms. The summed E-state index contributed by atoms with van der Waals surface area (Å²) in [6, 6.07) is 14.0. The van der Waals surface area contributed by atoms with Crippen molar-refractivity contribution in [3.8, 4) is 0 Å². The zero-order valence-corrected chi connectivity index (χ0v) is 12.8. The fourth-order valence-corrected chi connectivity index (χ4v) is 2.62. The van der Waals surface area contributed by atoms with Gasteiger partial charge in [0.15, 0.2) is 5.79 Å². The molecule has 0 aromatic heterocycles. The number of ether oxygens (including phenoxy) is 2. The van der Waals surface area contributed by atoms with Gasteiger partial charge in [0.05, 0.1) is 24.8 Å². The van der Waals surface area contributed by atoms with Crippen LogP contribution in [-0.2, 0) is 14.3 Å². The zero-order valence-electron chi connectivity index (χ0n) is 12.8. The molecule has 2 unspecified atom stereocenters. The van der Waals surface area contributed by atoms with Gasteiger partial charge in [-0.15, -0.1) is 0 Å². The highest BCUT2D eigenvalue weighted by Crippen LogP contribution is 2.26. The van der Waals surface area contributed by atoms with Crippen molar-refractivity contribution in [1.82, 2.24) is 5.43 Å². The lowest BCUT2D eigenvalue weighted by Crippen LogP contribution is -2.38. The van der Waals surface area contributed by atoms with Crippen molar-refractivity contribution in [1.29, 1.82) is 0 Å². The minimum absolute atomic E-state index is 0.0197. The molecule has 22 heavy (non-hydrogen) atoms. The molecule has 2 aromatic carbocycles. The van der Waals surface area contributed by atoms with Crippen molar-refractivity contribution < 1.29 is 14.3 Å². The van der Waals surface area contributed by atoms with E-state index < -0.39 is 5.79 Å². The Morgan fingerprint density at radius 3 is 2.77 bits per heavy atom. The smallest absolute Gasteiger partial charge is 0.243 e. The third-order valence-electron chi connectivity index (χ3n) is 3.65. The summed E-state index contributed by atoms with van der Waals surface area (Å²) in [5.74, 6) is -1.01. The molecule has 3 rings (SSSR count). The first-order chi connectivity index (χ1) is 10.5. The predicted molar refractivity (Wildman–Crippen MR) is 85.2 cm³/mol. The molecule has 1 amide bonds. The van der Waals surface area contributed by atoms with E-state index in [1.165, 1.54) is 0 Å². The summed E-state index contributed by atoms with van der Waals surface area (Å²) < 4.78 is 11.1. The van der Waals surface area contributed by atoms with Gasteiger partial charge in [-0.2, -0.15) is 0 Å². The third kappa shape index (κ3) is 3.37. The van der Waals surface area contributed by atoms with E-state index in [1.807, 2.05) is 43.3 Å². The number of hydrogen-bond acceptors (Lipinski definition) is 4. The molecule has 2 atom stereocenters. The Morgan fingerprint density at radius 1 is 1.27 bits per heavy atom. The summed E-state index contributed by atoms with van der Waals surface area (Å²) in [5, 5.41) is 2.28. The highest BCUT2D eigenvalue weighted by atomic mass is 16.7. The molecule has 0 aliphatic carbocycles. The van der Waals surface area contributed by atoms with Crippen LogP contribution in [0.25, 0.3) is 10.8 Å². The SMILES string of the molecule is CC1COC(C)(CC(=O)NNc2ccc3ccccc3c2)O1. The number of carbonyl (C=O) groups excluding carboxylic acids is 1. The van der Waals surface area contributed by atoms with E-state index in [0.29, 0.717) is 6.61 Å². The monoisotopic (exact) mass is 300 g/mol. The van der Waals surface area contributed by atoms with Crippen molar-refractivity contribution >= 4 is 22.4 Å². The van der Waals surface area contributed by atoms with Gasteiger partial charge in [0.25, 0.3) is 0 Å². The number of nitrogens with one attached hydrogen (secondary N) is 2. The van der Waals surface area contributed by atoms with Gasteiger partial charge in [-0.3, -0.25) is 15.6 Å². The highest BCUT2D eigenvalue weighted by Gasteiger charge is 2.37. The Kier molecular flexibility index (Phi) is 4.00. The number of anilines is 1. The highest BCUT2D eigenvalue weighted by molar-refractivity contribution is 5.86. The van der Waals surface area contributed by atoms with Gasteiger partial charge in [-0.25, -0.2) is 0 Å². The lowest BCUT2D eigenvalue weighted by Gasteiger charge is -2.22. The van der Waals surface area contributed by atoms with E-state index in [9.17, 15) is 4.79 Å². The molecule has 0 radical (unpaired) electrons. The molecule has 0 saturated carbocycles. The predicted octanol–water partition coefficient (Wildman–Crippen LogP) is 2.82. The second-order valence-corrected chi connectivity index (χ2v) is 5.79. The van der Waals surface area contributed by atoms with E-state index in [-0.39, 0.29) is 18.4 Å². The van der Waals surface area contributed by atoms with Crippen LogP contribution in [0.4, 0.5) is 5.69 Å². The van der Waals surface area contributed by atoms with E-state index in [1.54, 1.807) is 6.92 Å². The van der Waals surface area contributed by atoms with Gasteiger partial charge in [0, 0.05) is 0 Å². The Morgan fingerprint density at radius 2 is 2.05 bits per heavy atom. The average Bonchev–Trinajstić information content (AvgIpc) is 2.84. The Balaban J connectivity index is 1.58. The molecule has 2 N–H and O–H groups in total. The molecule has 116 valence electrons. The first-order valence-corrected chi connectivity index (χ1v) is 7.39. The van der Waals surface area contributed by atoms with Gasteiger partial charge in [-0.05, 0) is 36.8 Å². The normalized spacial score (nSPS) is 24.4. The van der Waals surface area contributed by atoms with Crippen LogP contribution in [0.2, 0.25) is 0 Å². The third-order valence-corrected chi connectivity index (χ3v) is 3.65. The molecule has 1 heterocycles. The number of carbonyl (C=O) groups is 1. The van der Waals surface area contributed by atoms with E-state index in [4.69, 9.17) is 9.47 Å². The summed E-state index contributed by atoms with van der Waals surface area (Å²) >= 11 is 0. The molecule has 0 spiro atoms. The Labute approximate surface area is 129 Å². The molecule has 1 saturated heterocycles. The first kappa shape index (κ1) is 14.8. The molecule has 2 aromatic rings. The second kappa shape index (κ2) is 5.94. The van der Waals surface area contributed by atoms with Crippen LogP contribution in [0.5, 0.6) is 0 Å². The Hall–Kier alpha value is -2.11. The average molecular weight is 300 g/mol. The van der Waals surface area contributed by atoms with Crippen LogP contribution >= 0.6 is 0 Å². The quantitative estimate of drug-likeness (QED) is 0.852. The van der Waals surface area contributed by atoms with Gasteiger partial charge < -0.3 is 9.47 Å². The molecular weight excluding hydrogens is 280 g/mol. The topological polar surface area (TPSA) is 59.6 Å². The maximum absolute atomic E-state index is 12.0. The number of benzene rings is 2. The van der Waals surface area contributed by atoms with Crippen LogP contribution in [0.1, 0.15) is 20.3 Å². The van der Waals surface area contributed by atoms with Crippen LogP contribution in [0.15, 0.2) is 42.5 Å². The minimum Gasteiger partial charge on any atom is -0.347 e. The van der Waals surface area contributed by atoms with Crippen molar-refractivity contribution in [3.63, 3.8) is 0 Å². The number of hydrogen-bond donors (Lipinski definition) is 2. The van der Waals surface area contributed by atoms with Crippen molar-refractivity contribution in [2.24, 2.45) is 0 Å². The van der Waals surface area contributed by atoms with Crippen molar-refractivity contribution in [2.75, 3.05) is 12.0 Å². The first-order valence-electron chi connectivity index (χ1n) is 7.39. The fraction of sp³-hybridized carbons (Fsp3) is 0.353. The van der Waals surface area contributed by atoms with Gasteiger partial charge in [-0.1, -0.05) is 30.3 Å². The van der Waals surface area contributed by atoms with Crippen molar-refractivity contribution in [2.45, 2.75) is 32.2 Å². The van der Waals surface area contributed by atoms with Gasteiger partial charge >= 0.3 is 0 Å². The van der Waals surface area contributed by atoms with E-state index in [2.05, 4.69) is 16.9 Å². The summed E-state index contributed by atoms with van der Waals surface area (Å²) in [4.78, 5) is 12.0. The summed E-state index contributed by atoms with van der Waals surface area (Å²) in [6.45, 7) is 4.23. The van der Waals surface area contributed by atoms with Gasteiger partial charge in [0.1, 0.15) is 0 Å². The maximum Gasteiger partial charge on any atom is 0.243 e. The number of hydrazine groups is 1. The summed E-state index contributed by atoms with van der Waals surface area (Å²) in [6.07, 6.45) is 0.170. The van der Waals surface area contributed by atoms with E-state index in [0.717, 1.165) is 16.5 Å². The largest absolute Gasteiger partial charge is 0.347 e.